The predicted molar refractivity (Wildman–Crippen MR) is 75.8 cm³/mol. The third kappa shape index (κ3) is 4.25. The summed E-state index contributed by atoms with van der Waals surface area (Å²) in [7, 11) is 0. The number of tetrazole rings is 1. The van der Waals surface area contributed by atoms with Gasteiger partial charge in [0.2, 0.25) is 0 Å². The first-order valence-corrected chi connectivity index (χ1v) is 6.70. The van der Waals surface area contributed by atoms with E-state index in [0.29, 0.717) is 6.54 Å². The molecule has 1 aromatic carbocycles. The number of benzene rings is 1. The predicted octanol–water partition coefficient (Wildman–Crippen LogP) is 0.473. The number of amidine groups is 1. The quantitative estimate of drug-likeness (QED) is 0.540. The molecule has 1 heterocycles. The van der Waals surface area contributed by atoms with Crippen molar-refractivity contribution in [3.63, 3.8) is 0 Å². The van der Waals surface area contributed by atoms with Crippen LogP contribution in [0.3, 0.4) is 0 Å². The topological polar surface area (TPSA) is 119 Å². The van der Waals surface area contributed by atoms with Crippen molar-refractivity contribution in [2.24, 2.45) is 5.73 Å². The number of nitrogen functional groups attached to an aromatic ring is 1. The summed E-state index contributed by atoms with van der Waals surface area (Å²) >= 11 is 1.35. The molecule has 19 heavy (non-hydrogen) atoms. The van der Waals surface area contributed by atoms with Crippen molar-refractivity contribution < 1.29 is 0 Å². The van der Waals surface area contributed by atoms with E-state index in [9.17, 15) is 0 Å². The molecule has 0 aliphatic carbocycles. The van der Waals surface area contributed by atoms with E-state index in [4.69, 9.17) is 16.9 Å². The molecule has 0 atom stereocenters. The Morgan fingerprint density at radius 3 is 2.53 bits per heavy atom. The number of rotatable bonds is 5. The standard InChI is InChI=1S/C11H15N7S/c12-10(13)19-6-5-8-1-3-9(4-2-8)7-18-16-11(14)15-17-18/h1-4H,5-7H2,(H3,12,13)(H2,14,16). The molecule has 0 aliphatic heterocycles. The monoisotopic (exact) mass is 277 g/mol. The second-order valence-electron chi connectivity index (χ2n) is 3.96. The molecule has 0 bridgehead atoms. The summed E-state index contributed by atoms with van der Waals surface area (Å²) < 4.78 is 0. The van der Waals surface area contributed by atoms with E-state index >= 15 is 0 Å². The van der Waals surface area contributed by atoms with Crippen LogP contribution in [0.5, 0.6) is 0 Å². The molecule has 2 rings (SSSR count). The van der Waals surface area contributed by atoms with Gasteiger partial charge in [0.25, 0.3) is 5.95 Å². The number of hydrogen-bond acceptors (Lipinski definition) is 6. The fraction of sp³-hybridized carbons (Fsp3) is 0.273. The normalized spacial score (nSPS) is 10.5. The van der Waals surface area contributed by atoms with Crippen LogP contribution >= 0.6 is 11.8 Å². The average molecular weight is 277 g/mol. The van der Waals surface area contributed by atoms with Gasteiger partial charge in [-0.15, -0.1) is 5.10 Å². The van der Waals surface area contributed by atoms with Crippen LogP contribution in [-0.4, -0.2) is 31.1 Å². The van der Waals surface area contributed by atoms with Crippen molar-refractivity contribution in [1.82, 2.24) is 20.2 Å². The minimum Gasteiger partial charge on any atom is -0.379 e. The lowest BCUT2D eigenvalue weighted by Gasteiger charge is -2.03. The Kier molecular flexibility index (Phi) is 4.35. The van der Waals surface area contributed by atoms with Crippen LogP contribution in [0, 0.1) is 5.41 Å². The van der Waals surface area contributed by atoms with Gasteiger partial charge in [-0.25, -0.2) is 0 Å². The van der Waals surface area contributed by atoms with Gasteiger partial charge in [0.1, 0.15) is 0 Å². The summed E-state index contributed by atoms with van der Waals surface area (Å²) in [5, 5.41) is 18.6. The molecule has 5 N–H and O–H groups in total. The van der Waals surface area contributed by atoms with Crippen molar-refractivity contribution in [3.05, 3.63) is 35.4 Å². The zero-order valence-electron chi connectivity index (χ0n) is 10.3. The Hall–Kier alpha value is -2.09. The van der Waals surface area contributed by atoms with Crippen LogP contribution in [0.2, 0.25) is 0 Å². The highest BCUT2D eigenvalue weighted by Gasteiger charge is 2.01. The van der Waals surface area contributed by atoms with Crippen LogP contribution in [-0.2, 0) is 13.0 Å². The summed E-state index contributed by atoms with van der Waals surface area (Å²) in [5.41, 5.74) is 13.0. The van der Waals surface area contributed by atoms with Gasteiger partial charge in [0.05, 0.1) is 6.54 Å². The Morgan fingerprint density at radius 1 is 1.26 bits per heavy atom. The Labute approximate surface area is 114 Å². The number of thioether (sulfide) groups is 1. The first-order chi connectivity index (χ1) is 9.13. The van der Waals surface area contributed by atoms with Gasteiger partial charge in [-0.05, 0) is 22.8 Å². The van der Waals surface area contributed by atoms with E-state index in [-0.39, 0.29) is 11.1 Å². The SMILES string of the molecule is N=C(N)SCCc1ccc(Cn2nnc(N)n2)cc1. The molecule has 1 aromatic heterocycles. The van der Waals surface area contributed by atoms with E-state index in [2.05, 4.69) is 27.5 Å². The maximum absolute atomic E-state index is 7.13. The maximum atomic E-state index is 7.13. The highest BCUT2D eigenvalue weighted by Crippen LogP contribution is 2.09. The van der Waals surface area contributed by atoms with E-state index in [1.165, 1.54) is 22.1 Å². The van der Waals surface area contributed by atoms with Crippen LogP contribution < -0.4 is 11.5 Å². The third-order valence-electron chi connectivity index (χ3n) is 2.46. The second kappa shape index (κ2) is 6.19. The first-order valence-electron chi connectivity index (χ1n) is 5.71. The lowest BCUT2D eigenvalue weighted by Crippen LogP contribution is -2.06. The number of aryl methyl sites for hydroxylation is 1. The zero-order valence-corrected chi connectivity index (χ0v) is 11.1. The molecule has 0 saturated carbocycles. The number of aromatic nitrogens is 4. The summed E-state index contributed by atoms with van der Waals surface area (Å²) in [5.74, 6) is 0.994. The summed E-state index contributed by atoms with van der Waals surface area (Å²) in [6.07, 6.45) is 0.888. The van der Waals surface area contributed by atoms with E-state index in [0.717, 1.165) is 17.7 Å². The maximum Gasteiger partial charge on any atom is 0.260 e. The van der Waals surface area contributed by atoms with Gasteiger partial charge >= 0.3 is 0 Å². The first kappa shape index (κ1) is 13.3. The minimum absolute atomic E-state index is 0.159. The molecule has 0 fully saturated rings. The van der Waals surface area contributed by atoms with Crippen molar-refractivity contribution in [1.29, 1.82) is 5.41 Å². The minimum atomic E-state index is 0.159. The number of hydrogen-bond donors (Lipinski definition) is 3. The summed E-state index contributed by atoms with van der Waals surface area (Å²) in [6.45, 7) is 0.548. The van der Waals surface area contributed by atoms with Crippen LogP contribution in [0.1, 0.15) is 11.1 Å². The summed E-state index contributed by atoms with van der Waals surface area (Å²) in [4.78, 5) is 1.45. The Bertz CT molecular complexity index is 548. The van der Waals surface area contributed by atoms with E-state index < -0.39 is 0 Å². The fourth-order valence-corrected chi connectivity index (χ4v) is 2.13. The van der Waals surface area contributed by atoms with Gasteiger partial charge < -0.3 is 11.5 Å². The number of anilines is 1. The van der Waals surface area contributed by atoms with Crippen LogP contribution in [0.25, 0.3) is 0 Å². The van der Waals surface area contributed by atoms with Crippen molar-refractivity contribution >= 4 is 22.9 Å². The third-order valence-corrected chi connectivity index (χ3v) is 3.18. The smallest absolute Gasteiger partial charge is 0.260 e. The molecular weight excluding hydrogens is 262 g/mol. The molecule has 0 amide bonds. The molecule has 100 valence electrons. The van der Waals surface area contributed by atoms with E-state index in [1.54, 1.807) is 0 Å². The number of nitrogens with two attached hydrogens (primary N) is 2. The molecule has 0 radical (unpaired) electrons. The molecule has 0 aliphatic rings. The summed E-state index contributed by atoms with van der Waals surface area (Å²) in [6, 6.07) is 8.15. The average Bonchev–Trinajstić information content (AvgIpc) is 2.77. The van der Waals surface area contributed by atoms with Gasteiger partial charge in [0, 0.05) is 5.75 Å². The zero-order chi connectivity index (χ0) is 13.7. The van der Waals surface area contributed by atoms with Crippen molar-refractivity contribution in [2.75, 3.05) is 11.5 Å². The molecule has 8 heteroatoms. The van der Waals surface area contributed by atoms with Gasteiger partial charge in [-0.3, -0.25) is 5.41 Å². The van der Waals surface area contributed by atoms with Crippen molar-refractivity contribution in [2.45, 2.75) is 13.0 Å². The van der Waals surface area contributed by atoms with Gasteiger partial charge in [0.15, 0.2) is 5.17 Å². The molecular formula is C11H15N7S. The molecule has 0 saturated heterocycles. The fourth-order valence-electron chi connectivity index (χ4n) is 1.58. The second-order valence-corrected chi connectivity index (χ2v) is 5.09. The Morgan fingerprint density at radius 2 is 1.95 bits per heavy atom. The molecule has 0 spiro atoms. The molecule has 2 aromatic rings. The van der Waals surface area contributed by atoms with Gasteiger partial charge in [-0.1, -0.05) is 41.1 Å². The van der Waals surface area contributed by atoms with Crippen molar-refractivity contribution in [3.8, 4) is 0 Å². The van der Waals surface area contributed by atoms with Crippen LogP contribution in [0.15, 0.2) is 24.3 Å². The largest absolute Gasteiger partial charge is 0.379 e. The van der Waals surface area contributed by atoms with Crippen LogP contribution in [0.4, 0.5) is 5.95 Å². The lowest BCUT2D eigenvalue weighted by molar-refractivity contribution is 0.573. The highest BCUT2D eigenvalue weighted by atomic mass is 32.2. The number of nitrogens with zero attached hydrogens (tertiary/aromatic N) is 4. The molecule has 7 nitrogen and oxygen atoms in total. The van der Waals surface area contributed by atoms with E-state index in [1.807, 2.05) is 12.1 Å². The Balaban J connectivity index is 1.89. The molecule has 0 unspecified atom stereocenters. The highest BCUT2D eigenvalue weighted by molar-refractivity contribution is 8.13. The van der Waals surface area contributed by atoms with Gasteiger partial charge in [-0.2, -0.15) is 4.80 Å². The number of nitrogens with one attached hydrogen (secondary N) is 1. The lowest BCUT2D eigenvalue weighted by atomic mass is 10.1.